The van der Waals surface area contributed by atoms with Crippen LogP contribution in [0.5, 0.6) is 11.5 Å². The summed E-state index contributed by atoms with van der Waals surface area (Å²) in [4.78, 5) is 37.4. The maximum absolute atomic E-state index is 12.5. The lowest BCUT2D eigenvalue weighted by molar-refractivity contribution is -0.150. The van der Waals surface area contributed by atoms with Crippen molar-refractivity contribution in [2.45, 2.75) is 19.9 Å². The van der Waals surface area contributed by atoms with Gasteiger partial charge in [0.05, 0.1) is 23.6 Å². The van der Waals surface area contributed by atoms with Crippen molar-refractivity contribution in [2.75, 3.05) is 13.7 Å². The largest absolute Gasteiger partial charge is 0.503 e. The summed E-state index contributed by atoms with van der Waals surface area (Å²) in [6.45, 7) is 3.22. The third-order valence-electron chi connectivity index (χ3n) is 3.41. The van der Waals surface area contributed by atoms with Crippen LogP contribution in [0.25, 0.3) is 6.08 Å². The van der Waals surface area contributed by atoms with E-state index in [1.54, 1.807) is 6.92 Å². The van der Waals surface area contributed by atoms with Gasteiger partial charge in [-0.25, -0.2) is 4.79 Å². The third kappa shape index (κ3) is 3.91. The zero-order chi connectivity index (χ0) is 18.7. The van der Waals surface area contributed by atoms with Gasteiger partial charge in [0.1, 0.15) is 6.04 Å². The Bertz CT molecular complexity index is 763. The molecule has 1 atom stereocenters. The second-order valence-electron chi connectivity index (χ2n) is 5.03. The van der Waals surface area contributed by atoms with Crippen LogP contribution in [0.3, 0.4) is 0 Å². The van der Waals surface area contributed by atoms with E-state index >= 15 is 0 Å². The van der Waals surface area contributed by atoms with Crippen molar-refractivity contribution in [2.24, 2.45) is 0 Å². The number of hydrogen-bond donors (Lipinski definition) is 1. The van der Waals surface area contributed by atoms with Crippen LogP contribution in [-0.2, 0) is 14.3 Å². The summed E-state index contributed by atoms with van der Waals surface area (Å²) in [7, 11) is 1.37. The normalized spacial score (nSPS) is 17.1. The van der Waals surface area contributed by atoms with Gasteiger partial charge in [0.15, 0.2) is 11.5 Å². The molecule has 1 saturated heterocycles. The molecule has 7 nitrogen and oxygen atoms in total. The Morgan fingerprint density at radius 1 is 1.44 bits per heavy atom. The average Bonchev–Trinajstić information content (AvgIpc) is 2.84. The number of rotatable bonds is 5. The van der Waals surface area contributed by atoms with Crippen LogP contribution in [0.15, 0.2) is 17.0 Å². The Balaban J connectivity index is 2.32. The Hall–Kier alpha value is -2.19. The highest BCUT2D eigenvalue weighted by molar-refractivity contribution is 8.18. The summed E-state index contributed by atoms with van der Waals surface area (Å²) in [6, 6.07) is 1.89. The molecule has 1 unspecified atom stereocenters. The van der Waals surface area contributed by atoms with E-state index in [0.717, 1.165) is 4.90 Å². The molecule has 1 aliphatic rings. The van der Waals surface area contributed by atoms with Gasteiger partial charge in [-0.2, -0.15) is 0 Å². The van der Waals surface area contributed by atoms with Gasteiger partial charge in [0.2, 0.25) is 0 Å². The number of nitrogens with zero attached hydrogens (tertiary/aromatic N) is 1. The van der Waals surface area contributed by atoms with E-state index in [1.807, 2.05) is 0 Å². The molecular weight excluding hydrogens is 370 g/mol. The summed E-state index contributed by atoms with van der Waals surface area (Å²) >= 11 is 6.62. The van der Waals surface area contributed by atoms with Crippen molar-refractivity contribution >= 4 is 46.6 Å². The van der Waals surface area contributed by atoms with Gasteiger partial charge >= 0.3 is 5.97 Å². The zero-order valence-corrected chi connectivity index (χ0v) is 15.3. The Labute approximate surface area is 153 Å². The number of halogens is 1. The first kappa shape index (κ1) is 19.1. The number of aromatic hydroxyl groups is 1. The number of benzene rings is 1. The van der Waals surface area contributed by atoms with E-state index < -0.39 is 23.2 Å². The number of thioether (sulfide) groups is 1. The SMILES string of the molecule is CCOC(=O)C(C)N1C(=O)S/C(=C\c2cc(Cl)c(O)c(OC)c2)C1=O. The van der Waals surface area contributed by atoms with E-state index in [1.165, 1.54) is 32.2 Å². The molecule has 9 heteroatoms. The van der Waals surface area contributed by atoms with Crippen molar-refractivity contribution in [3.63, 3.8) is 0 Å². The van der Waals surface area contributed by atoms with Crippen LogP contribution in [0.4, 0.5) is 4.79 Å². The molecule has 0 spiro atoms. The number of ether oxygens (including phenoxy) is 2. The molecule has 0 aliphatic carbocycles. The number of methoxy groups -OCH3 is 1. The van der Waals surface area contributed by atoms with E-state index in [-0.39, 0.29) is 28.0 Å². The Morgan fingerprint density at radius 3 is 2.72 bits per heavy atom. The van der Waals surface area contributed by atoms with Gasteiger partial charge in [-0.3, -0.25) is 14.5 Å². The summed E-state index contributed by atoms with van der Waals surface area (Å²) in [5, 5.41) is 9.22. The van der Waals surface area contributed by atoms with E-state index in [9.17, 15) is 19.5 Å². The molecule has 1 aromatic rings. The molecule has 1 fully saturated rings. The van der Waals surface area contributed by atoms with Gasteiger partial charge in [-0.15, -0.1) is 0 Å². The Kier molecular flexibility index (Phi) is 5.97. The van der Waals surface area contributed by atoms with Crippen LogP contribution in [0, 0.1) is 0 Å². The smallest absolute Gasteiger partial charge is 0.329 e. The van der Waals surface area contributed by atoms with Gasteiger partial charge < -0.3 is 14.6 Å². The molecule has 0 aromatic heterocycles. The van der Waals surface area contributed by atoms with Crippen molar-refractivity contribution in [3.05, 3.63) is 27.6 Å². The zero-order valence-electron chi connectivity index (χ0n) is 13.7. The molecule has 1 heterocycles. The molecule has 1 aliphatic heterocycles. The number of amides is 2. The highest BCUT2D eigenvalue weighted by Crippen LogP contribution is 2.38. The van der Waals surface area contributed by atoms with Crippen molar-refractivity contribution in [1.29, 1.82) is 0 Å². The fraction of sp³-hybridized carbons (Fsp3) is 0.312. The minimum absolute atomic E-state index is 0.0460. The lowest BCUT2D eigenvalue weighted by Gasteiger charge is -2.19. The maximum atomic E-state index is 12.5. The summed E-state index contributed by atoms with van der Waals surface area (Å²) < 4.78 is 9.85. The average molecular weight is 386 g/mol. The first-order valence-electron chi connectivity index (χ1n) is 7.30. The third-order valence-corrected chi connectivity index (χ3v) is 4.58. The molecule has 2 amide bonds. The highest BCUT2D eigenvalue weighted by atomic mass is 35.5. The molecule has 1 aromatic carbocycles. The number of hydrogen-bond acceptors (Lipinski definition) is 7. The van der Waals surface area contributed by atoms with Gasteiger partial charge in [-0.1, -0.05) is 11.6 Å². The molecule has 0 radical (unpaired) electrons. The minimum Gasteiger partial charge on any atom is -0.503 e. The summed E-state index contributed by atoms with van der Waals surface area (Å²) in [5.41, 5.74) is 0.467. The number of phenols is 1. The van der Waals surface area contributed by atoms with Crippen LogP contribution in [0.1, 0.15) is 19.4 Å². The Morgan fingerprint density at radius 2 is 2.12 bits per heavy atom. The number of carbonyl (C=O) groups is 3. The van der Waals surface area contributed by atoms with Crippen molar-refractivity contribution < 1.29 is 29.0 Å². The van der Waals surface area contributed by atoms with Crippen molar-refractivity contribution in [1.82, 2.24) is 4.90 Å². The van der Waals surface area contributed by atoms with E-state index in [0.29, 0.717) is 17.3 Å². The summed E-state index contributed by atoms with van der Waals surface area (Å²) in [5.74, 6) is -1.33. The van der Waals surface area contributed by atoms with Crippen LogP contribution >= 0.6 is 23.4 Å². The van der Waals surface area contributed by atoms with Crippen LogP contribution in [0.2, 0.25) is 5.02 Å². The highest BCUT2D eigenvalue weighted by Gasteiger charge is 2.41. The number of carbonyl (C=O) groups excluding carboxylic acids is 3. The number of imide groups is 1. The van der Waals surface area contributed by atoms with Gasteiger partial charge in [0, 0.05) is 0 Å². The second-order valence-corrected chi connectivity index (χ2v) is 6.43. The lowest BCUT2D eigenvalue weighted by atomic mass is 10.1. The van der Waals surface area contributed by atoms with Crippen LogP contribution in [-0.4, -0.2) is 46.9 Å². The van der Waals surface area contributed by atoms with Gasteiger partial charge in [0.25, 0.3) is 11.1 Å². The summed E-state index contributed by atoms with van der Waals surface area (Å²) in [6.07, 6.45) is 1.44. The second kappa shape index (κ2) is 7.79. The van der Waals surface area contributed by atoms with Crippen molar-refractivity contribution in [3.8, 4) is 11.5 Å². The fourth-order valence-corrected chi connectivity index (χ4v) is 3.29. The predicted octanol–water partition coefficient (Wildman–Crippen LogP) is 3.04. The molecule has 2 rings (SSSR count). The molecule has 1 N–H and O–H groups in total. The van der Waals surface area contributed by atoms with Crippen LogP contribution < -0.4 is 4.74 Å². The molecular formula is C16H16ClNO6S. The predicted molar refractivity (Wildman–Crippen MR) is 93.6 cm³/mol. The molecule has 25 heavy (non-hydrogen) atoms. The van der Waals surface area contributed by atoms with Gasteiger partial charge in [-0.05, 0) is 49.4 Å². The first-order chi connectivity index (χ1) is 11.8. The quantitative estimate of drug-likeness (QED) is 0.615. The van der Waals surface area contributed by atoms with E-state index in [2.05, 4.69) is 0 Å². The minimum atomic E-state index is -1.02. The molecule has 0 bridgehead atoms. The topological polar surface area (TPSA) is 93.1 Å². The maximum Gasteiger partial charge on any atom is 0.329 e. The standard InChI is InChI=1S/C16H16ClNO6S/c1-4-24-15(21)8(2)18-14(20)12(25-16(18)22)7-9-5-10(17)13(19)11(6-9)23-3/h5-8,19H,4H2,1-3H3/b12-7-. The monoisotopic (exact) mass is 385 g/mol. The lowest BCUT2D eigenvalue weighted by Crippen LogP contribution is -2.42. The fourth-order valence-electron chi connectivity index (χ4n) is 2.17. The molecule has 0 saturated carbocycles. The van der Waals surface area contributed by atoms with E-state index in [4.69, 9.17) is 21.1 Å². The number of esters is 1. The number of phenolic OH excluding ortho intramolecular Hbond substituents is 1. The first-order valence-corrected chi connectivity index (χ1v) is 8.49. The molecule has 134 valence electrons.